The molecule has 4 aromatic rings. The maximum Gasteiger partial charge on any atom is 0.297 e. The van der Waals surface area contributed by atoms with Crippen LogP contribution in [0.1, 0.15) is 16.8 Å². The summed E-state index contributed by atoms with van der Waals surface area (Å²) in [6, 6.07) is 27.3. The number of aliphatic imine (C=N–C) groups is 1. The fourth-order valence-corrected chi connectivity index (χ4v) is 3.23. The Bertz CT molecular complexity index is 1210. The molecule has 5 heteroatoms. The van der Waals surface area contributed by atoms with E-state index in [-0.39, 0.29) is 5.56 Å². The first-order chi connectivity index (χ1) is 14.6. The lowest BCUT2D eigenvalue weighted by atomic mass is 10.2. The van der Waals surface area contributed by atoms with Crippen LogP contribution in [0.3, 0.4) is 0 Å². The van der Waals surface area contributed by atoms with Crippen LogP contribution in [0.15, 0.2) is 94.7 Å². The molecule has 0 aliphatic rings. The van der Waals surface area contributed by atoms with Crippen molar-refractivity contribution in [3.63, 3.8) is 0 Å². The van der Waals surface area contributed by atoms with Gasteiger partial charge < -0.3 is 4.74 Å². The molecule has 0 N–H and O–H groups in total. The van der Waals surface area contributed by atoms with E-state index in [1.54, 1.807) is 10.9 Å². The zero-order chi connectivity index (χ0) is 20.9. The molecule has 0 atom stereocenters. The van der Waals surface area contributed by atoms with Crippen LogP contribution in [0.2, 0.25) is 0 Å². The number of rotatable bonds is 6. The Labute approximate surface area is 175 Å². The third-order valence-corrected chi connectivity index (χ3v) is 4.99. The van der Waals surface area contributed by atoms with Crippen molar-refractivity contribution in [2.75, 3.05) is 0 Å². The smallest absolute Gasteiger partial charge is 0.297 e. The van der Waals surface area contributed by atoms with Gasteiger partial charge in [0.15, 0.2) is 5.69 Å². The van der Waals surface area contributed by atoms with Crippen LogP contribution in [0.5, 0.6) is 5.75 Å². The van der Waals surface area contributed by atoms with E-state index in [0.29, 0.717) is 12.3 Å². The predicted octanol–water partition coefficient (Wildman–Crippen LogP) is 4.81. The quantitative estimate of drug-likeness (QED) is 0.438. The molecule has 0 amide bonds. The molecule has 30 heavy (non-hydrogen) atoms. The van der Waals surface area contributed by atoms with Crippen molar-refractivity contribution in [3.05, 3.63) is 112 Å². The Morgan fingerprint density at radius 1 is 0.900 bits per heavy atom. The standard InChI is InChI=1S/C25H23N3O2/c1-19-24(25(29)28(27(19)2)22-11-7-4-8-12-22)26-17-20-13-15-23(16-14-20)30-18-21-9-5-3-6-10-21/h3-17H,18H2,1-2H3. The van der Waals surface area contributed by atoms with E-state index in [1.807, 2.05) is 104 Å². The second kappa shape index (κ2) is 8.66. The predicted molar refractivity (Wildman–Crippen MR) is 120 cm³/mol. The Balaban J connectivity index is 1.51. The van der Waals surface area contributed by atoms with Gasteiger partial charge >= 0.3 is 0 Å². The van der Waals surface area contributed by atoms with Crippen LogP contribution < -0.4 is 10.3 Å². The highest BCUT2D eigenvalue weighted by Crippen LogP contribution is 2.18. The van der Waals surface area contributed by atoms with E-state index in [2.05, 4.69) is 4.99 Å². The molecular formula is C25H23N3O2. The number of para-hydroxylation sites is 1. The monoisotopic (exact) mass is 397 g/mol. The highest BCUT2D eigenvalue weighted by molar-refractivity contribution is 5.82. The van der Waals surface area contributed by atoms with Gasteiger partial charge in [-0.1, -0.05) is 48.5 Å². The van der Waals surface area contributed by atoms with Gasteiger partial charge in [-0.3, -0.25) is 9.48 Å². The zero-order valence-electron chi connectivity index (χ0n) is 17.0. The van der Waals surface area contributed by atoms with E-state index in [1.165, 1.54) is 0 Å². The Morgan fingerprint density at radius 2 is 1.53 bits per heavy atom. The van der Waals surface area contributed by atoms with Gasteiger partial charge in [0, 0.05) is 13.3 Å². The highest BCUT2D eigenvalue weighted by Gasteiger charge is 2.14. The maximum absolute atomic E-state index is 12.9. The zero-order valence-corrected chi connectivity index (χ0v) is 17.0. The number of benzene rings is 3. The summed E-state index contributed by atoms with van der Waals surface area (Å²) in [4.78, 5) is 17.4. The first-order valence-electron chi connectivity index (χ1n) is 9.78. The van der Waals surface area contributed by atoms with Crippen LogP contribution in [0.25, 0.3) is 5.69 Å². The Morgan fingerprint density at radius 3 is 2.20 bits per heavy atom. The van der Waals surface area contributed by atoms with Gasteiger partial charge in [0.1, 0.15) is 12.4 Å². The molecule has 0 unspecified atom stereocenters. The lowest BCUT2D eigenvalue weighted by molar-refractivity contribution is 0.306. The van der Waals surface area contributed by atoms with E-state index < -0.39 is 0 Å². The summed E-state index contributed by atoms with van der Waals surface area (Å²) in [6.07, 6.45) is 1.71. The Kier molecular flexibility index (Phi) is 5.61. The molecule has 0 bridgehead atoms. The first-order valence-corrected chi connectivity index (χ1v) is 9.78. The molecule has 0 radical (unpaired) electrons. The minimum atomic E-state index is -0.139. The molecule has 0 aliphatic heterocycles. The topological polar surface area (TPSA) is 48.5 Å². The number of nitrogens with zero attached hydrogens (tertiary/aromatic N) is 3. The summed E-state index contributed by atoms with van der Waals surface area (Å²) in [5.41, 5.74) is 3.94. The molecule has 3 aromatic carbocycles. The lowest BCUT2D eigenvalue weighted by Crippen LogP contribution is -2.19. The van der Waals surface area contributed by atoms with Crippen molar-refractivity contribution in [2.45, 2.75) is 13.5 Å². The van der Waals surface area contributed by atoms with Crippen molar-refractivity contribution in [3.8, 4) is 11.4 Å². The molecule has 0 saturated carbocycles. The van der Waals surface area contributed by atoms with Crippen LogP contribution in [-0.4, -0.2) is 15.6 Å². The van der Waals surface area contributed by atoms with Crippen molar-refractivity contribution in [1.82, 2.24) is 9.36 Å². The average molecular weight is 397 g/mol. The summed E-state index contributed by atoms with van der Waals surface area (Å²) in [6.45, 7) is 2.42. The van der Waals surface area contributed by atoms with Crippen molar-refractivity contribution >= 4 is 11.9 Å². The number of hydrogen-bond donors (Lipinski definition) is 0. The highest BCUT2D eigenvalue weighted by atomic mass is 16.5. The largest absolute Gasteiger partial charge is 0.489 e. The third kappa shape index (κ3) is 4.10. The summed E-state index contributed by atoms with van der Waals surface area (Å²) >= 11 is 0. The van der Waals surface area contributed by atoms with Crippen LogP contribution in [0, 0.1) is 6.92 Å². The van der Waals surface area contributed by atoms with E-state index >= 15 is 0 Å². The van der Waals surface area contributed by atoms with Gasteiger partial charge in [0.25, 0.3) is 5.56 Å². The molecule has 4 rings (SSSR count). The Hall–Kier alpha value is -3.86. The molecule has 150 valence electrons. The summed E-state index contributed by atoms with van der Waals surface area (Å²) in [5.74, 6) is 0.790. The molecule has 0 fully saturated rings. The molecule has 1 aromatic heterocycles. The summed E-state index contributed by atoms with van der Waals surface area (Å²) in [7, 11) is 1.86. The van der Waals surface area contributed by atoms with E-state index in [9.17, 15) is 4.79 Å². The third-order valence-electron chi connectivity index (χ3n) is 4.99. The normalized spacial score (nSPS) is 11.1. The second-order valence-electron chi connectivity index (χ2n) is 7.01. The van der Waals surface area contributed by atoms with Gasteiger partial charge in [-0.05, 0) is 54.4 Å². The summed E-state index contributed by atoms with van der Waals surface area (Å²) < 4.78 is 9.27. The first kappa shape index (κ1) is 19.5. The minimum absolute atomic E-state index is 0.139. The van der Waals surface area contributed by atoms with Crippen molar-refractivity contribution < 1.29 is 4.74 Å². The molecule has 5 nitrogen and oxygen atoms in total. The molecule has 1 heterocycles. The van der Waals surface area contributed by atoms with Crippen LogP contribution >= 0.6 is 0 Å². The number of aromatic nitrogens is 2. The lowest BCUT2D eigenvalue weighted by Gasteiger charge is -2.07. The van der Waals surface area contributed by atoms with Crippen LogP contribution in [0.4, 0.5) is 5.69 Å². The van der Waals surface area contributed by atoms with E-state index in [0.717, 1.165) is 28.3 Å². The van der Waals surface area contributed by atoms with Crippen molar-refractivity contribution in [1.29, 1.82) is 0 Å². The molecule has 0 spiro atoms. The minimum Gasteiger partial charge on any atom is -0.489 e. The fraction of sp³-hybridized carbons (Fsp3) is 0.120. The number of hydrogen-bond acceptors (Lipinski definition) is 3. The van der Waals surface area contributed by atoms with Gasteiger partial charge in [-0.25, -0.2) is 9.67 Å². The molecule has 0 saturated heterocycles. The maximum atomic E-state index is 12.9. The number of ether oxygens (including phenoxy) is 1. The fourth-order valence-electron chi connectivity index (χ4n) is 3.23. The summed E-state index contributed by atoms with van der Waals surface area (Å²) in [5, 5.41) is 0. The van der Waals surface area contributed by atoms with Gasteiger partial charge in [0.05, 0.1) is 11.4 Å². The van der Waals surface area contributed by atoms with Crippen molar-refractivity contribution in [2.24, 2.45) is 12.0 Å². The average Bonchev–Trinajstić information content (AvgIpc) is 3.01. The van der Waals surface area contributed by atoms with E-state index in [4.69, 9.17) is 4.74 Å². The SMILES string of the molecule is Cc1c(N=Cc2ccc(OCc3ccccc3)cc2)c(=O)n(-c2ccccc2)n1C. The second-order valence-corrected chi connectivity index (χ2v) is 7.01. The van der Waals surface area contributed by atoms with Gasteiger partial charge in [0.2, 0.25) is 0 Å². The molecule has 0 aliphatic carbocycles. The van der Waals surface area contributed by atoms with Gasteiger partial charge in [-0.15, -0.1) is 0 Å². The molecular weight excluding hydrogens is 374 g/mol. The van der Waals surface area contributed by atoms with Crippen LogP contribution in [-0.2, 0) is 13.7 Å². The van der Waals surface area contributed by atoms with Gasteiger partial charge in [-0.2, -0.15) is 0 Å².